The zero-order valence-corrected chi connectivity index (χ0v) is 20.1. The maximum atomic E-state index is 12.9. The van der Waals surface area contributed by atoms with Crippen LogP contribution in [0.15, 0.2) is 41.3 Å². The third kappa shape index (κ3) is 6.45. The number of carbonyl (C=O) groups is 2. The fourth-order valence-electron chi connectivity index (χ4n) is 3.19. The van der Waals surface area contributed by atoms with Crippen molar-refractivity contribution in [1.29, 1.82) is 0 Å². The zero-order chi connectivity index (χ0) is 25.8. The van der Waals surface area contributed by atoms with Gasteiger partial charge >= 0.3 is 5.97 Å². The van der Waals surface area contributed by atoms with E-state index in [1.165, 1.54) is 30.3 Å². The monoisotopic (exact) mass is 507 g/mol. The van der Waals surface area contributed by atoms with Gasteiger partial charge in [-0.25, -0.2) is 8.42 Å². The summed E-state index contributed by atoms with van der Waals surface area (Å²) in [5.74, 6) is -1.63. The highest BCUT2D eigenvalue weighted by atomic mass is 32.2. The fraction of sp³-hybridized carbons (Fsp3) is 0.364. The molecule has 1 aliphatic heterocycles. The Hall–Kier alpha value is -3.71. The molecule has 3 rings (SSSR count). The van der Waals surface area contributed by atoms with Gasteiger partial charge < -0.3 is 19.5 Å². The topological polar surface area (TPSA) is 163 Å². The van der Waals surface area contributed by atoms with E-state index < -0.39 is 45.4 Å². The lowest BCUT2D eigenvalue weighted by atomic mass is 10.1. The Kier molecular flexibility index (Phi) is 7.92. The molecular weight excluding hydrogens is 482 g/mol. The molecule has 1 heterocycles. The average molecular weight is 508 g/mol. The van der Waals surface area contributed by atoms with Gasteiger partial charge in [0.2, 0.25) is 10.0 Å². The second-order valence-corrected chi connectivity index (χ2v) is 9.80. The Bertz CT molecular complexity index is 1240. The van der Waals surface area contributed by atoms with Gasteiger partial charge in [0.15, 0.2) is 18.1 Å². The number of anilines is 1. The van der Waals surface area contributed by atoms with Crippen molar-refractivity contribution >= 4 is 33.3 Å². The van der Waals surface area contributed by atoms with Gasteiger partial charge in [0, 0.05) is 12.1 Å². The number of rotatable bonds is 9. The van der Waals surface area contributed by atoms with Crippen LogP contribution in [0.1, 0.15) is 19.4 Å². The second kappa shape index (κ2) is 10.7. The predicted octanol–water partition coefficient (Wildman–Crippen LogP) is 2.16. The summed E-state index contributed by atoms with van der Waals surface area (Å²) >= 11 is 0. The molecule has 2 aromatic rings. The van der Waals surface area contributed by atoms with Crippen LogP contribution in [0.2, 0.25) is 0 Å². The van der Waals surface area contributed by atoms with Crippen LogP contribution >= 0.6 is 0 Å². The van der Waals surface area contributed by atoms with E-state index in [2.05, 4.69) is 10.0 Å². The Labute approximate surface area is 201 Å². The molecule has 0 fully saturated rings. The number of fused-ring (bicyclic) bond motifs is 1. The molecule has 2 N–H and O–H groups in total. The molecule has 188 valence electrons. The van der Waals surface area contributed by atoms with Crippen molar-refractivity contribution in [3.8, 4) is 11.5 Å². The molecule has 0 saturated carbocycles. The number of nitro benzene ring substituents is 1. The number of nitrogens with one attached hydrogen (secondary N) is 2. The van der Waals surface area contributed by atoms with Crippen LogP contribution in [0.5, 0.6) is 11.5 Å². The van der Waals surface area contributed by atoms with Crippen molar-refractivity contribution in [3.63, 3.8) is 0 Å². The van der Waals surface area contributed by atoms with E-state index in [1.54, 1.807) is 26.8 Å². The van der Waals surface area contributed by atoms with E-state index in [4.69, 9.17) is 14.2 Å². The summed E-state index contributed by atoms with van der Waals surface area (Å²) in [6, 6.07) is 7.02. The molecule has 0 saturated heterocycles. The standard InChI is InChI=1S/C22H25N3O9S/c1-13(2)21(24-35(30,31)15-5-7-18-19(11-15)33-9-8-32-18)22(27)34-12-20(26)23-16-6-4-14(3)10-17(16)25(28)29/h4-7,10-11,13,21,24H,8-9,12H2,1-3H3,(H,23,26). The van der Waals surface area contributed by atoms with Crippen LogP contribution in [0.3, 0.4) is 0 Å². The lowest BCUT2D eigenvalue weighted by molar-refractivity contribution is -0.384. The molecule has 0 aromatic heterocycles. The van der Waals surface area contributed by atoms with Crippen LogP contribution in [0, 0.1) is 23.0 Å². The molecule has 0 spiro atoms. The van der Waals surface area contributed by atoms with Gasteiger partial charge in [0.1, 0.15) is 24.9 Å². The van der Waals surface area contributed by atoms with Crippen LogP contribution in [-0.2, 0) is 24.3 Å². The number of aryl methyl sites for hydroxylation is 1. The lowest BCUT2D eigenvalue weighted by Crippen LogP contribution is -2.45. The van der Waals surface area contributed by atoms with Crippen molar-refractivity contribution in [2.24, 2.45) is 5.92 Å². The van der Waals surface area contributed by atoms with E-state index >= 15 is 0 Å². The summed E-state index contributed by atoms with van der Waals surface area (Å²) in [7, 11) is -4.15. The Balaban J connectivity index is 1.66. The summed E-state index contributed by atoms with van der Waals surface area (Å²) in [4.78, 5) is 35.3. The summed E-state index contributed by atoms with van der Waals surface area (Å²) in [5.41, 5.74) is 0.268. The average Bonchev–Trinajstić information content (AvgIpc) is 2.81. The number of hydrogen-bond donors (Lipinski definition) is 2. The second-order valence-electron chi connectivity index (χ2n) is 8.08. The number of hydrogen-bond acceptors (Lipinski definition) is 9. The normalized spacial score (nSPS) is 13.7. The van der Waals surface area contributed by atoms with E-state index in [0.29, 0.717) is 17.9 Å². The van der Waals surface area contributed by atoms with Crippen molar-refractivity contribution in [2.75, 3.05) is 25.1 Å². The van der Waals surface area contributed by atoms with Crippen LogP contribution in [0.4, 0.5) is 11.4 Å². The summed E-state index contributed by atoms with van der Waals surface area (Å²) < 4.78 is 43.9. The molecule has 0 aliphatic carbocycles. The maximum absolute atomic E-state index is 12.9. The number of sulfonamides is 1. The summed E-state index contributed by atoms with van der Waals surface area (Å²) in [6.45, 7) is 4.74. The zero-order valence-electron chi connectivity index (χ0n) is 19.3. The van der Waals surface area contributed by atoms with Crippen molar-refractivity contribution < 1.29 is 37.1 Å². The first kappa shape index (κ1) is 25.9. The number of amides is 1. The van der Waals surface area contributed by atoms with E-state index in [0.717, 1.165) is 0 Å². The molecule has 0 radical (unpaired) electrons. The maximum Gasteiger partial charge on any atom is 0.324 e. The molecular formula is C22H25N3O9S. The number of ether oxygens (including phenoxy) is 3. The molecule has 1 aliphatic rings. The number of benzene rings is 2. The van der Waals surface area contributed by atoms with Gasteiger partial charge in [-0.05, 0) is 36.6 Å². The Morgan fingerprint density at radius 2 is 1.80 bits per heavy atom. The van der Waals surface area contributed by atoms with Crippen LogP contribution in [-0.4, -0.2) is 51.1 Å². The quantitative estimate of drug-likeness (QED) is 0.294. The molecule has 13 heteroatoms. The number of esters is 1. The minimum absolute atomic E-state index is 0.0543. The molecule has 1 unspecified atom stereocenters. The van der Waals surface area contributed by atoms with E-state index in [-0.39, 0.29) is 28.6 Å². The fourth-order valence-corrected chi connectivity index (χ4v) is 4.54. The highest BCUT2D eigenvalue weighted by Gasteiger charge is 2.31. The first-order valence-electron chi connectivity index (χ1n) is 10.6. The van der Waals surface area contributed by atoms with Crippen molar-refractivity contribution in [2.45, 2.75) is 31.7 Å². The molecule has 35 heavy (non-hydrogen) atoms. The highest BCUT2D eigenvalue weighted by molar-refractivity contribution is 7.89. The third-order valence-electron chi connectivity index (χ3n) is 5.00. The van der Waals surface area contributed by atoms with E-state index in [1.807, 2.05) is 0 Å². The van der Waals surface area contributed by atoms with Gasteiger partial charge in [-0.3, -0.25) is 19.7 Å². The van der Waals surface area contributed by atoms with Crippen molar-refractivity contribution in [1.82, 2.24) is 4.72 Å². The van der Waals surface area contributed by atoms with Gasteiger partial charge in [-0.2, -0.15) is 4.72 Å². The summed E-state index contributed by atoms with van der Waals surface area (Å²) in [5, 5.41) is 13.5. The first-order valence-corrected chi connectivity index (χ1v) is 12.1. The summed E-state index contributed by atoms with van der Waals surface area (Å²) in [6.07, 6.45) is 0. The largest absolute Gasteiger partial charge is 0.486 e. The Morgan fingerprint density at radius 3 is 2.46 bits per heavy atom. The minimum Gasteiger partial charge on any atom is -0.486 e. The lowest BCUT2D eigenvalue weighted by Gasteiger charge is -2.22. The number of carbonyl (C=O) groups excluding carboxylic acids is 2. The molecule has 2 aromatic carbocycles. The molecule has 12 nitrogen and oxygen atoms in total. The molecule has 1 atom stereocenters. The third-order valence-corrected chi connectivity index (χ3v) is 6.43. The van der Waals surface area contributed by atoms with Crippen molar-refractivity contribution in [3.05, 3.63) is 52.1 Å². The highest BCUT2D eigenvalue weighted by Crippen LogP contribution is 2.32. The molecule has 1 amide bonds. The Morgan fingerprint density at radius 1 is 1.11 bits per heavy atom. The predicted molar refractivity (Wildman–Crippen MR) is 124 cm³/mol. The van der Waals surface area contributed by atoms with Gasteiger partial charge in [-0.1, -0.05) is 19.9 Å². The number of nitro groups is 1. The van der Waals surface area contributed by atoms with E-state index in [9.17, 15) is 28.1 Å². The van der Waals surface area contributed by atoms with Gasteiger partial charge in [0.05, 0.1) is 9.82 Å². The van der Waals surface area contributed by atoms with Crippen LogP contribution in [0.25, 0.3) is 0 Å². The van der Waals surface area contributed by atoms with Crippen LogP contribution < -0.4 is 19.5 Å². The minimum atomic E-state index is -4.15. The number of nitrogens with zero attached hydrogens (tertiary/aromatic N) is 1. The van der Waals surface area contributed by atoms with Gasteiger partial charge in [0.25, 0.3) is 11.6 Å². The SMILES string of the molecule is Cc1ccc(NC(=O)COC(=O)C(NS(=O)(=O)c2ccc3c(c2)OCCO3)C(C)C)c([N+](=O)[O-])c1. The molecule has 0 bridgehead atoms. The first-order chi connectivity index (χ1) is 16.5. The smallest absolute Gasteiger partial charge is 0.324 e. The van der Waals surface area contributed by atoms with Gasteiger partial charge in [-0.15, -0.1) is 0 Å².